The average molecular weight is 265 g/mol. The highest BCUT2D eigenvalue weighted by Gasteiger charge is 2.26. The van der Waals surface area contributed by atoms with E-state index in [9.17, 15) is 20.2 Å². The van der Waals surface area contributed by atoms with Crippen LogP contribution < -0.4 is 0 Å². The Kier molecular flexibility index (Phi) is 4.57. The lowest BCUT2D eigenvalue weighted by molar-refractivity contribution is -0.395. The van der Waals surface area contributed by atoms with Gasteiger partial charge in [0.25, 0.3) is 11.4 Å². The fourth-order valence-electron chi connectivity index (χ4n) is 1.74. The quantitative estimate of drug-likeness (QED) is 0.603. The molecule has 1 rings (SSSR count). The molecule has 0 heterocycles. The van der Waals surface area contributed by atoms with Crippen LogP contribution in [0.1, 0.15) is 18.1 Å². The number of nitrogens with zero attached hydrogens (tertiary/aromatic N) is 3. The zero-order chi connectivity index (χ0) is 14.6. The molecule has 0 radical (unpaired) electrons. The van der Waals surface area contributed by atoms with Crippen molar-refractivity contribution in [1.82, 2.24) is 4.90 Å². The first-order valence-corrected chi connectivity index (χ1v) is 5.67. The predicted octanol–water partition coefficient (Wildman–Crippen LogP) is 2.60. The van der Waals surface area contributed by atoms with Crippen LogP contribution in [0.25, 0.3) is 6.08 Å². The van der Waals surface area contributed by atoms with Crippen LogP contribution in [0.4, 0.5) is 11.4 Å². The highest BCUT2D eigenvalue weighted by atomic mass is 16.6. The van der Waals surface area contributed by atoms with Gasteiger partial charge < -0.3 is 4.90 Å². The third kappa shape index (κ3) is 3.27. The Bertz CT molecular complexity index is 538. The first-order chi connectivity index (χ1) is 8.88. The molecule has 1 aromatic carbocycles. The monoisotopic (exact) mass is 265 g/mol. The second-order valence-corrected chi connectivity index (χ2v) is 4.15. The highest BCUT2D eigenvalue weighted by molar-refractivity contribution is 5.68. The molecule has 0 aliphatic heterocycles. The topological polar surface area (TPSA) is 89.5 Å². The summed E-state index contributed by atoms with van der Waals surface area (Å²) in [5.74, 6) is 0. The molecular formula is C12H15N3O4. The van der Waals surface area contributed by atoms with Crippen LogP contribution in [0.3, 0.4) is 0 Å². The lowest BCUT2D eigenvalue weighted by Gasteiger charge is -2.06. The van der Waals surface area contributed by atoms with E-state index in [0.29, 0.717) is 5.56 Å². The Hall–Kier alpha value is -2.44. The van der Waals surface area contributed by atoms with E-state index in [0.717, 1.165) is 0 Å². The molecule has 7 heteroatoms. The van der Waals surface area contributed by atoms with Crippen molar-refractivity contribution in [3.05, 3.63) is 49.7 Å². The minimum Gasteiger partial charge on any atom is -0.383 e. The third-order valence-electron chi connectivity index (χ3n) is 2.57. The Morgan fingerprint density at radius 2 is 1.84 bits per heavy atom. The summed E-state index contributed by atoms with van der Waals surface area (Å²) in [7, 11) is 3.57. The molecule has 102 valence electrons. The summed E-state index contributed by atoms with van der Waals surface area (Å²) < 4.78 is 0. The van der Waals surface area contributed by atoms with E-state index in [4.69, 9.17) is 0 Å². The van der Waals surface area contributed by atoms with Crippen molar-refractivity contribution < 1.29 is 9.85 Å². The first-order valence-electron chi connectivity index (χ1n) is 5.67. The van der Waals surface area contributed by atoms with Crippen molar-refractivity contribution in [1.29, 1.82) is 0 Å². The summed E-state index contributed by atoms with van der Waals surface area (Å²) in [5, 5.41) is 22.0. The summed E-state index contributed by atoms with van der Waals surface area (Å²) in [4.78, 5) is 22.6. The van der Waals surface area contributed by atoms with E-state index in [1.54, 1.807) is 38.2 Å². The summed E-state index contributed by atoms with van der Waals surface area (Å²) in [6, 6.07) is 2.70. The van der Waals surface area contributed by atoms with Gasteiger partial charge in [-0.1, -0.05) is 6.92 Å². The van der Waals surface area contributed by atoms with Gasteiger partial charge in [-0.25, -0.2) is 0 Å². The fourth-order valence-corrected chi connectivity index (χ4v) is 1.74. The van der Waals surface area contributed by atoms with Gasteiger partial charge in [0.05, 0.1) is 15.4 Å². The molecule has 0 aliphatic rings. The summed E-state index contributed by atoms with van der Waals surface area (Å²) in [6.07, 6.45) is 3.46. The maximum Gasteiger partial charge on any atom is 0.286 e. The zero-order valence-corrected chi connectivity index (χ0v) is 11.0. The summed E-state index contributed by atoms with van der Waals surface area (Å²) >= 11 is 0. The number of nitro benzene ring substituents is 2. The van der Waals surface area contributed by atoms with Crippen molar-refractivity contribution in [3.63, 3.8) is 0 Å². The molecule has 0 bridgehead atoms. The smallest absolute Gasteiger partial charge is 0.286 e. The number of nitro groups is 2. The second kappa shape index (κ2) is 5.94. The Labute approximate surface area is 110 Å². The number of rotatable bonds is 5. The molecule has 0 fully saturated rings. The van der Waals surface area contributed by atoms with E-state index in [-0.39, 0.29) is 23.4 Å². The standard InChI is InChI=1S/C12H15N3O4/c1-4-10-11(14(16)17)6-5-9(7-8-13(2)3)12(10)15(18)19/h5-8H,4H2,1-3H3/b8-7+. The molecule has 0 unspecified atom stereocenters. The molecule has 0 amide bonds. The summed E-state index contributed by atoms with van der Waals surface area (Å²) in [5.41, 5.74) is 0.100. The molecule has 0 N–H and O–H groups in total. The fraction of sp³-hybridized carbons (Fsp3) is 0.333. The first kappa shape index (κ1) is 14.6. The van der Waals surface area contributed by atoms with E-state index < -0.39 is 9.85 Å². The molecule has 0 aliphatic carbocycles. The van der Waals surface area contributed by atoms with Crippen molar-refractivity contribution in [2.24, 2.45) is 0 Å². The van der Waals surface area contributed by atoms with Crippen LogP contribution in [0.15, 0.2) is 18.3 Å². The predicted molar refractivity (Wildman–Crippen MR) is 71.8 cm³/mol. The SMILES string of the molecule is CCc1c([N+](=O)[O-])ccc(/C=C/N(C)C)c1[N+](=O)[O-]. The highest BCUT2D eigenvalue weighted by Crippen LogP contribution is 2.33. The van der Waals surface area contributed by atoms with E-state index >= 15 is 0 Å². The van der Waals surface area contributed by atoms with Gasteiger partial charge in [-0.15, -0.1) is 0 Å². The van der Waals surface area contributed by atoms with Gasteiger partial charge >= 0.3 is 0 Å². The van der Waals surface area contributed by atoms with Gasteiger partial charge in [-0.2, -0.15) is 0 Å². The van der Waals surface area contributed by atoms with Crippen molar-refractivity contribution in [3.8, 4) is 0 Å². The van der Waals surface area contributed by atoms with Gasteiger partial charge in [0, 0.05) is 20.2 Å². The molecule has 19 heavy (non-hydrogen) atoms. The number of benzene rings is 1. The van der Waals surface area contributed by atoms with Crippen LogP contribution in [0.2, 0.25) is 0 Å². The molecule has 0 saturated heterocycles. The lowest BCUT2D eigenvalue weighted by atomic mass is 10.0. The van der Waals surface area contributed by atoms with Gasteiger partial charge in [0.2, 0.25) is 0 Å². The maximum atomic E-state index is 11.2. The lowest BCUT2D eigenvalue weighted by Crippen LogP contribution is -2.03. The van der Waals surface area contributed by atoms with Gasteiger partial charge in [-0.05, 0) is 24.8 Å². The second-order valence-electron chi connectivity index (χ2n) is 4.15. The van der Waals surface area contributed by atoms with Crippen molar-refractivity contribution in [2.75, 3.05) is 14.1 Å². The molecular weight excluding hydrogens is 250 g/mol. The van der Waals surface area contributed by atoms with E-state index in [1.807, 2.05) is 0 Å². The van der Waals surface area contributed by atoms with Crippen LogP contribution >= 0.6 is 0 Å². The van der Waals surface area contributed by atoms with Crippen LogP contribution in [0.5, 0.6) is 0 Å². The minimum absolute atomic E-state index is 0.149. The molecule has 0 aromatic heterocycles. The van der Waals surface area contributed by atoms with Crippen LogP contribution in [0, 0.1) is 20.2 Å². The van der Waals surface area contributed by atoms with E-state index in [2.05, 4.69) is 0 Å². The molecule has 0 saturated carbocycles. The van der Waals surface area contributed by atoms with Crippen LogP contribution in [-0.2, 0) is 6.42 Å². The Balaban J connectivity index is 3.50. The molecule has 0 spiro atoms. The third-order valence-corrected chi connectivity index (χ3v) is 2.57. The van der Waals surface area contributed by atoms with Gasteiger partial charge in [-0.3, -0.25) is 20.2 Å². The maximum absolute atomic E-state index is 11.2. The minimum atomic E-state index is -0.592. The Morgan fingerprint density at radius 3 is 2.26 bits per heavy atom. The molecule has 7 nitrogen and oxygen atoms in total. The van der Waals surface area contributed by atoms with Gasteiger partial charge in [0.15, 0.2) is 0 Å². The zero-order valence-electron chi connectivity index (χ0n) is 11.0. The van der Waals surface area contributed by atoms with Crippen molar-refractivity contribution in [2.45, 2.75) is 13.3 Å². The number of hydrogen-bond acceptors (Lipinski definition) is 5. The largest absolute Gasteiger partial charge is 0.383 e. The normalized spacial score (nSPS) is 10.7. The van der Waals surface area contributed by atoms with Gasteiger partial charge in [0.1, 0.15) is 5.56 Å². The number of hydrogen-bond donors (Lipinski definition) is 0. The van der Waals surface area contributed by atoms with E-state index in [1.165, 1.54) is 12.1 Å². The van der Waals surface area contributed by atoms with Crippen LogP contribution in [-0.4, -0.2) is 28.8 Å². The Morgan fingerprint density at radius 1 is 1.21 bits per heavy atom. The molecule has 0 atom stereocenters. The molecule has 1 aromatic rings. The summed E-state index contributed by atoms with van der Waals surface area (Å²) in [6.45, 7) is 1.66. The van der Waals surface area contributed by atoms with Crippen molar-refractivity contribution >= 4 is 17.5 Å². The average Bonchev–Trinajstić information content (AvgIpc) is 2.34.